The number of halogens is 6. The molecule has 0 radical (unpaired) electrons. The first kappa shape index (κ1) is 49.6. The van der Waals surface area contributed by atoms with Gasteiger partial charge in [0.25, 0.3) is 6.47 Å². The summed E-state index contributed by atoms with van der Waals surface area (Å²) in [6.07, 6.45) is 7.79. The van der Waals surface area contributed by atoms with E-state index in [0.717, 1.165) is 58.1 Å². The number of carboxylic acid groups (broad SMARTS) is 1. The van der Waals surface area contributed by atoms with Crippen molar-refractivity contribution in [1.29, 1.82) is 0 Å². The van der Waals surface area contributed by atoms with E-state index in [2.05, 4.69) is 6.92 Å². The molecule has 2 aromatic carbocycles. The van der Waals surface area contributed by atoms with Crippen molar-refractivity contribution in [1.82, 2.24) is 11.1 Å². The topological polar surface area (TPSA) is 202 Å². The molecule has 2 rings (SSSR count). The Morgan fingerprint density at radius 2 is 1.15 bits per heavy atom. The van der Waals surface area contributed by atoms with Crippen molar-refractivity contribution in [3.05, 3.63) is 57.2 Å². The van der Waals surface area contributed by atoms with Gasteiger partial charge in [0.15, 0.2) is 29.0 Å². The lowest BCUT2D eigenvalue weighted by Gasteiger charge is -2.09. The van der Waals surface area contributed by atoms with Gasteiger partial charge < -0.3 is 36.5 Å². The van der Waals surface area contributed by atoms with Crippen LogP contribution in [-0.4, -0.2) is 67.3 Å². The molecule has 0 saturated carbocycles. The van der Waals surface area contributed by atoms with E-state index in [1.165, 1.54) is 4.90 Å². The number of nitro benzene ring substituents is 1. The third-order valence-electron chi connectivity index (χ3n) is 5.14. The van der Waals surface area contributed by atoms with Crippen molar-refractivity contribution in [3.8, 4) is 11.5 Å². The Kier molecular flexibility index (Phi) is 32.0. The molecular weight excluding hydrogens is 646 g/mol. The van der Waals surface area contributed by atoms with Gasteiger partial charge in [-0.05, 0) is 12.8 Å². The molecular formula is C29H47F6N4O8+. The number of hydrogen-bond acceptors (Lipinski definition) is 8. The van der Waals surface area contributed by atoms with Crippen LogP contribution < -0.4 is 21.4 Å². The summed E-state index contributed by atoms with van der Waals surface area (Å²) in [5, 5.41) is 24.3. The lowest BCUT2D eigenvalue weighted by Crippen LogP contribution is -2.06. The molecule has 12 nitrogen and oxygen atoms in total. The summed E-state index contributed by atoms with van der Waals surface area (Å²) < 4.78 is 89.4. The number of unbranched alkanes of at least 4 members (excludes halogenated alkanes) is 6. The average Bonchev–Trinajstić information content (AvgIpc) is 3.02. The van der Waals surface area contributed by atoms with E-state index in [1.54, 1.807) is 14.1 Å². The molecule has 0 aliphatic heterocycles. The van der Waals surface area contributed by atoms with Crippen LogP contribution >= 0.6 is 0 Å². The molecule has 0 bridgehead atoms. The Bertz CT molecular complexity index is 1160. The van der Waals surface area contributed by atoms with E-state index in [0.29, 0.717) is 18.9 Å². The van der Waals surface area contributed by atoms with E-state index in [1.807, 2.05) is 6.92 Å². The maximum Gasteiger partial charge on any atom is 0.311 e. The van der Waals surface area contributed by atoms with E-state index >= 15 is 0 Å². The fourth-order valence-electron chi connectivity index (χ4n) is 2.97. The number of nitrogens with zero attached hydrogens (tertiary/aromatic N) is 2. The summed E-state index contributed by atoms with van der Waals surface area (Å²) in [5.41, 5.74) is 3.27. The molecule has 0 saturated heterocycles. The molecule has 0 fully saturated rings. The molecule has 0 aliphatic rings. The number of nitrogens with two attached hydrogens (primary N) is 1. The number of ether oxygens (including phenoxy) is 2. The predicted molar refractivity (Wildman–Crippen MR) is 166 cm³/mol. The summed E-state index contributed by atoms with van der Waals surface area (Å²) in [6, 6.07) is 1.04. The molecule has 8 N–H and O–H groups in total. The fourth-order valence-corrected chi connectivity index (χ4v) is 2.97. The first-order chi connectivity index (χ1) is 21.7. The van der Waals surface area contributed by atoms with Gasteiger partial charge in [-0.3, -0.25) is 19.7 Å². The molecule has 0 heterocycles. The number of quaternary nitrogens is 1. The number of anilines is 1. The summed E-state index contributed by atoms with van der Waals surface area (Å²) in [7, 11) is 4.38. The van der Waals surface area contributed by atoms with Crippen molar-refractivity contribution >= 4 is 24.3 Å². The van der Waals surface area contributed by atoms with Gasteiger partial charge in [0.05, 0.1) is 29.9 Å². The zero-order valence-corrected chi connectivity index (χ0v) is 27.5. The van der Waals surface area contributed by atoms with E-state index in [4.69, 9.17) is 30.2 Å². The van der Waals surface area contributed by atoms with Gasteiger partial charge in [0, 0.05) is 27.3 Å². The Hall–Kier alpha value is -4.32. The van der Waals surface area contributed by atoms with Crippen LogP contribution in [-0.2, 0) is 9.59 Å². The molecule has 0 unspecified atom stereocenters. The molecule has 0 spiro atoms. The third kappa shape index (κ3) is 21.2. The standard InChI is InChI=1S/C12H14F3NO3.C12H16F3NO.C3H7NO.CH2O2.CH4O.H3N/c1-2-3-4-5-6-19-12-8(13)7-9(16(17)18)10(14)11(12)15;1-2-3-4-5-6-17-12-8(13)7-9(16)10(14)11(12)15;1-4(2)3-5;2-1-3;1-2;/h7H,2-6H2,1H3;7H,2-6,16H2,1H3;3H,1-2H3;1H,(H,2,3);2H,1H3;1H3/p+1. The first-order valence-corrected chi connectivity index (χ1v) is 13.9. The van der Waals surface area contributed by atoms with Crippen molar-refractivity contribution in [2.75, 3.05) is 40.2 Å². The Balaban J connectivity index is -0.000000303. The highest BCUT2D eigenvalue weighted by atomic mass is 19.2. The molecule has 18 heteroatoms. The lowest BCUT2D eigenvalue weighted by molar-refractivity contribution is -0.388. The minimum atomic E-state index is -1.71. The van der Waals surface area contributed by atoms with Crippen molar-refractivity contribution in [2.24, 2.45) is 0 Å². The SMILES string of the molecule is CCCCCCOc1c(F)cc(N)c(F)c1F.CCCCCCOc1c(F)cc([N+](=O)[O-])c(F)c1F.CN(C)C=O.CO.O=CO.[NH4+]. The molecule has 0 aromatic heterocycles. The number of amides is 1. The van der Waals surface area contributed by atoms with Gasteiger partial charge in [-0.1, -0.05) is 52.4 Å². The molecule has 0 aliphatic carbocycles. The number of carbonyl (C=O) groups is 2. The number of aliphatic hydroxyl groups is 1. The highest BCUT2D eigenvalue weighted by molar-refractivity contribution is 5.46. The van der Waals surface area contributed by atoms with Crippen LogP contribution in [0.15, 0.2) is 12.1 Å². The minimum Gasteiger partial charge on any atom is -0.488 e. The van der Waals surface area contributed by atoms with Gasteiger partial charge in [-0.15, -0.1) is 0 Å². The number of carbonyl (C=O) groups excluding carboxylic acids is 1. The zero-order chi connectivity index (χ0) is 36.2. The fraction of sp³-hybridized carbons (Fsp3) is 0.517. The van der Waals surface area contributed by atoms with E-state index < -0.39 is 62.7 Å². The van der Waals surface area contributed by atoms with Crippen LogP contribution in [0.25, 0.3) is 0 Å². The lowest BCUT2D eigenvalue weighted by atomic mass is 10.2. The second kappa shape index (κ2) is 30.3. The van der Waals surface area contributed by atoms with Crippen molar-refractivity contribution in [2.45, 2.75) is 65.2 Å². The van der Waals surface area contributed by atoms with E-state index in [9.17, 15) is 41.3 Å². The van der Waals surface area contributed by atoms with Crippen LogP contribution in [0.2, 0.25) is 0 Å². The number of aliphatic hydroxyl groups excluding tert-OH is 1. The monoisotopic (exact) mass is 693 g/mol. The smallest absolute Gasteiger partial charge is 0.311 e. The largest absolute Gasteiger partial charge is 0.488 e. The van der Waals surface area contributed by atoms with E-state index in [-0.39, 0.29) is 25.8 Å². The Morgan fingerprint density at radius 1 is 0.787 bits per heavy atom. The summed E-state index contributed by atoms with van der Waals surface area (Å²) in [4.78, 5) is 28.4. The Morgan fingerprint density at radius 3 is 1.49 bits per heavy atom. The second-order valence-corrected chi connectivity index (χ2v) is 8.99. The van der Waals surface area contributed by atoms with Gasteiger partial charge in [-0.2, -0.15) is 13.2 Å². The highest BCUT2D eigenvalue weighted by Crippen LogP contribution is 2.31. The van der Waals surface area contributed by atoms with Gasteiger partial charge in [0.1, 0.15) is 0 Å². The number of benzene rings is 2. The van der Waals surface area contributed by atoms with Gasteiger partial charge in [0.2, 0.25) is 23.9 Å². The number of rotatable bonds is 14. The van der Waals surface area contributed by atoms with Crippen LogP contribution in [0.4, 0.5) is 37.7 Å². The average molecular weight is 694 g/mol. The molecule has 272 valence electrons. The van der Waals surface area contributed by atoms with Crippen LogP contribution in [0.5, 0.6) is 11.5 Å². The van der Waals surface area contributed by atoms with Gasteiger partial charge >= 0.3 is 5.69 Å². The predicted octanol–water partition coefficient (Wildman–Crippen LogP) is 7.01. The quantitative estimate of drug-likeness (QED) is 0.0305. The maximum atomic E-state index is 13.4. The van der Waals surface area contributed by atoms with Crippen LogP contribution in [0.3, 0.4) is 0 Å². The third-order valence-corrected chi connectivity index (χ3v) is 5.14. The number of nitro groups is 1. The molecule has 2 aromatic rings. The van der Waals surface area contributed by atoms with Crippen LogP contribution in [0.1, 0.15) is 65.2 Å². The summed E-state index contributed by atoms with van der Waals surface area (Å²) in [5.74, 6) is -9.85. The number of hydrogen-bond donors (Lipinski definition) is 4. The van der Waals surface area contributed by atoms with Crippen molar-refractivity contribution in [3.63, 3.8) is 0 Å². The maximum absolute atomic E-state index is 13.4. The normalized spacial score (nSPS) is 9.19. The highest BCUT2D eigenvalue weighted by Gasteiger charge is 2.26. The second-order valence-electron chi connectivity index (χ2n) is 8.99. The molecule has 1 amide bonds. The Labute approximate surface area is 270 Å². The summed E-state index contributed by atoms with van der Waals surface area (Å²) >= 11 is 0. The minimum absolute atomic E-state index is 0. The molecule has 47 heavy (non-hydrogen) atoms. The van der Waals surface area contributed by atoms with Gasteiger partial charge in [-0.25, -0.2) is 13.2 Å². The zero-order valence-electron chi connectivity index (χ0n) is 27.5. The summed E-state index contributed by atoms with van der Waals surface area (Å²) in [6.45, 7) is 4.00. The van der Waals surface area contributed by atoms with Crippen LogP contribution in [0, 0.1) is 45.0 Å². The number of nitrogen functional groups attached to an aromatic ring is 1. The first-order valence-electron chi connectivity index (χ1n) is 13.9. The molecule has 0 atom stereocenters. The van der Waals surface area contributed by atoms with Crippen molar-refractivity contribution < 1.29 is 60.5 Å².